The topological polar surface area (TPSA) is 21.3 Å². The number of hydrogen-bond donors (Lipinski definition) is 1. The van der Waals surface area contributed by atoms with Crippen molar-refractivity contribution in [1.29, 1.82) is 0 Å². The molecule has 11 heavy (non-hydrogen) atoms. The first-order chi connectivity index (χ1) is 5.12. The summed E-state index contributed by atoms with van der Waals surface area (Å²) in [5, 5.41) is 3.34. The van der Waals surface area contributed by atoms with E-state index in [0.29, 0.717) is 0 Å². The zero-order valence-corrected chi connectivity index (χ0v) is 8.24. The van der Waals surface area contributed by atoms with Gasteiger partial charge in [0.1, 0.15) is 0 Å². The monoisotopic (exact) mass is 159 g/mol. The van der Waals surface area contributed by atoms with Crippen molar-refractivity contribution in [3.05, 3.63) is 0 Å². The van der Waals surface area contributed by atoms with E-state index in [4.69, 9.17) is 4.74 Å². The van der Waals surface area contributed by atoms with Crippen LogP contribution in [-0.2, 0) is 4.74 Å². The van der Waals surface area contributed by atoms with Gasteiger partial charge in [0.25, 0.3) is 0 Å². The molecule has 0 spiro atoms. The minimum absolute atomic E-state index is 0.01000. The Morgan fingerprint density at radius 1 is 1.27 bits per heavy atom. The third-order valence-electron chi connectivity index (χ3n) is 1.51. The largest absolute Gasteiger partial charge is 0.375 e. The van der Waals surface area contributed by atoms with Crippen molar-refractivity contribution in [1.82, 2.24) is 5.32 Å². The van der Waals surface area contributed by atoms with Crippen molar-refractivity contribution < 1.29 is 4.74 Å². The third kappa shape index (κ3) is 6.32. The molecule has 2 nitrogen and oxygen atoms in total. The molecule has 68 valence electrons. The maximum absolute atomic E-state index is 5.51. The van der Waals surface area contributed by atoms with E-state index in [1.54, 1.807) is 0 Å². The molecule has 0 unspecified atom stereocenters. The molecular formula is C9H21NO. The van der Waals surface area contributed by atoms with E-state index >= 15 is 0 Å². The van der Waals surface area contributed by atoms with Crippen LogP contribution in [0.25, 0.3) is 0 Å². The Bertz CT molecular complexity index is 91.6. The van der Waals surface area contributed by atoms with E-state index in [1.807, 2.05) is 6.92 Å². The standard InChI is InChI=1S/C9H21NO/c1-5-7-10-8-9(3,4)11-6-2/h10H,5-8H2,1-4H3. The molecule has 0 fully saturated rings. The molecule has 0 saturated heterocycles. The lowest BCUT2D eigenvalue weighted by Gasteiger charge is -2.24. The van der Waals surface area contributed by atoms with E-state index in [0.717, 1.165) is 19.7 Å². The first-order valence-corrected chi connectivity index (χ1v) is 4.47. The number of rotatable bonds is 6. The molecule has 0 aromatic heterocycles. The van der Waals surface area contributed by atoms with Gasteiger partial charge in [-0.25, -0.2) is 0 Å². The number of nitrogens with one attached hydrogen (secondary N) is 1. The van der Waals surface area contributed by atoms with Gasteiger partial charge in [-0.1, -0.05) is 6.92 Å². The normalized spacial score (nSPS) is 12.0. The molecule has 0 saturated carbocycles. The highest BCUT2D eigenvalue weighted by atomic mass is 16.5. The van der Waals surface area contributed by atoms with Crippen LogP contribution in [0.3, 0.4) is 0 Å². The summed E-state index contributed by atoms with van der Waals surface area (Å²) in [5.74, 6) is 0. The molecule has 0 amide bonds. The summed E-state index contributed by atoms with van der Waals surface area (Å²) in [7, 11) is 0. The molecule has 0 aliphatic rings. The van der Waals surface area contributed by atoms with Gasteiger partial charge >= 0.3 is 0 Å². The minimum Gasteiger partial charge on any atom is -0.375 e. The zero-order valence-electron chi connectivity index (χ0n) is 8.24. The van der Waals surface area contributed by atoms with E-state index < -0.39 is 0 Å². The van der Waals surface area contributed by atoms with Crippen LogP contribution in [0.5, 0.6) is 0 Å². The van der Waals surface area contributed by atoms with Gasteiger partial charge in [0.05, 0.1) is 5.60 Å². The average molecular weight is 159 g/mol. The molecule has 0 aromatic carbocycles. The van der Waals surface area contributed by atoms with Gasteiger partial charge in [0, 0.05) is 13.2 Å². The molecule has 0 radical (unpaired) electrons. The minimum atomic E-state index is -0.01000. The maximum Gasteiger partial charge on any atom is 0.0750 e. The van der Waals surface area contributed by atoms with Gasteiger partial charge < -0.3 is 10.1 Å². The van der Waals surface area contributed by atoms with Crippen LogP contribution in [0.1, 0.15) is 34.1 Å². The summed E-state index contributed by atoms with van der Waals surface area (Å²) in [6, 6.07) is 0. The first kappa shape index (κ1) is 10.9. The van der Waals surface area contributed by atoms with Crippen molar-refractivity contribution in [3.8, 4) is 0 Å². The van der Waals surface area contributed by atoms with Crippen LogP contribution in [0.15, 0.2) is 0 Å². The molecule has 1 N–H and O–H groups in total. The molecule has 0 rings (SSSR count). The van der Waals surface area contributed by atoms with Crippen molar-refractivity contribution in [3.63, 3.8) is 0 Å². The summed E-state index contributed by atoms with van der Waals surface area (Å²) in [6.07, 6.45) is 1.18. The predicted octanol–water partition coefficient (Wildman–Crippen LogP) is 1.80. The second kappa shape index (κ2) is 5.56. The quantitative estimate of drug-likeness (QED) is 0.597. The number of hydrogen-bond acceptors (Lipinski definition) is 2. The smallest absolute Gasteiger partial charge is 0.0750 e. The SMILES string of the molecule is CCCNCC(C)(C)OCC. The summed E-state index contributed by atoms with van der Waals surface area (Å²) in [4.78, 5) is 0. The molecule has 0 heterocycles. The predicted molar refractivity (Wildman–Crippen MR) is 48.9 cm³/mol. The van der Waals surface area contributed by atoms with Gasteiger partial charge in [-0.3, -0.25) is 0 Å². The molecule has 0 atom stereocenters. The van der Waals surface area contributed by atoms with Gasteiger partial charge in [-0.15, -0.1) is 0 Å². The van der Waals surface area contributed by atoms with Gasteiger partial charge in [0.15, 0.2) is 0 Å². The number of ether oxygens (including phenoxy) is 1. The van der Waals surface area contributed by atoms with Crippen LogP contribution in [0, 0.1) is 0 Å². The molecule has 0 aliphatic heterocycles. The summed E-state index contributed by atoms with van der Waals surface area (Å²) >= 11 is 0. The molecule has 0 bridgehead atoms. The third-order valence-corrected chi connectivity index (χ3v) is 1.51. The maximum atomic E-state index is 5.51. The lowest BCUT2D eigenvalue weighted by molar-refractivity contribution is -0.00860. The fourth-order valence-electron chi connectivity index (χ4n) is 1.01. The Balaban J connectivity index is 3.38. The van der Waals surface area contributed by atoms with Crippen LogP contribution < -0.4 is 5.32 Å². The van der Waals surface area contributed by atoms with Crippen LogP contribution >= 0.6 is 0 Å². The highest BCUT2D eigenvalue weighted by Gasteiger charge is 2.15. The molecule has 2 heteroatoms. The Kier molecular flexibility index (Phi) is 5.51. The lowest BCUT2D eigenvalue weighted by Crippen LogP contribution is -2.37. The molecule has 0 aliphatic carbocycles. The van der Waals surface area contributed by atoms with Crippen LogP contribution in [-0.4, -0.2) is 25.3 Å². The van der Waals surface area contributed by atoms with Crippen molar-refractivity contribution in [2.24, 2.45) is 0 Å². The fraction of sp³-hybridized carbons (Fsp3) is 1.00. The second-order valence-electron chi connectivity index (χ2n) is 3.37. The van der Waals surface area contributed by atoms with E-state index in [9.17, 15) is 0 Å². The van der Waals surface area contributed by atoms with E-state index in [-0.39, 0.29) is 5.60 Å². The summed E-state index contributed by atoms with van der Waals surface area (Å²) in [5.41, 5.74) is -0.01000. The van der Waals surface area contributed by atoms with Crippen molar-refractivity contribution in [2.45, 2.75) is 39.7 Å². The average Bonchev–Trinajstić information content (AvgIpc) is 1.87. The van der Waals surface area contributed by atoms with Crippen molar-refractivity contribution in [2.75, 3.05) is 19.7 Å². The van der Waals surface area contributed by atoms with Gasteiger partial charge in [0.2, 0.25) is 0 Å². The Labute approximate surface area is 70.3 Å². The van der Waals surface area contributed by atoms with Crippen molar-refractivity contribution >= 4 is 0 Å². The molecular weight excluding hydrogens is 138 g/mol. The Hall–Kier alpha value is -0.0800. The van der Waals surface area contributed by atoms with E-state index in [1.165, 1.54) is 6.42 Å². The second-order valence-corrected chi connectivity index (χ2v) is 3.37. The fourth-order valence-corrected chi connectivity index (χ4v) is 1.01. The highest BCUT2D eigenvalue weighted by molar-refractivity contribution is 4.70. The summed E-state index contributed by atoms with van der Waals surface area (Å²) in [6.45, 7) is 11.2. The van der Waals surface area contributed by atoms with Crippen LogP contribution in [0.2, 0.25) is 0 Å². The van der Waals surface area contributed by atoms with Crippen LogP contribution in [0.4, 0.5) is 0 Å². The lowest BCUT2D eigenvalue weighted by atomic mass is 10.1. The zero-order chi connectivity index (χ0) is 8.74. The van der Waals surface area contributed by atoms with Gasteiger partial charge in [-0.05, 0) is 33.7 Å². The molecule has 0 aromatic rings. The van der Waals surface area contributed by atoms with Gasteiger partial charge in [-0.2, -0.15) is 0 Å². The Morgan fingerprint density at radius 3 is 2.36 bits per heavy atom. The summed E-state index contributed by atoms with van der Waals surface area (Å²) < 4.78 is 5.51. The Morgan fingerprint density at radius 2 is 1.91 bits per heavy atom. The van der Waals surface area contributed by atoms with E-state index in [2.05, 4.69) is 26.1 Å². The first-order valence-electron chi connectivity index (χ1n) is 4.47. The highest BCUT2D eigenvalue weighted by Crippen LogP contribution is 2.06.